The van der Waals surface area contributed by atoms with Crippen LogP contribution in [-0.2, 0) is 4.74 Å². The highest BCUT2D eigenvalue weighted by molar-refractivity contribution is 5.84. The number of rotatable bonds is 4. The number of aromatic nitrogens is 4. The zero-order chi connectivity index (χ0) is 24.8. The van der Waals surface area contributed by atoms with E-state index in [9.17, 15) is 0 Å². The minimum atomic E-state index is 0.150. The van der Waals surface area contributed by atoms with Gasteiger partial charge in [-0.15, -0.1) is 10.2 Å². The highest BCUT2D eigenvalue weighted by atomic mass is 16.5. The number of anilines is 2. The molecule has 8 nitrogen and oxygen atoms in total. The molecule has 2 atom stereocenters. The fourth-order valence-corrected chi connectivity index (χ4v) is 5.77. The highest BCUT2D eigenvalue weighted by Gasteiger charge is 2.26. The lowest BCUT2D eigenvalue weighted by Gasteiger charge is -2.36. The second-order valence-electron chi connectivity index (χ2n) is 10.5. The molecule has 2 aromatic heterocycles. The molecule has 8 heteroatoms. The predicted octanol–water partition coefficient (Wildman–Crippen LogP) is 4.09. The van der Waals surface area contributed by atoms with Crippen molar-refractivity contribution in [3.05, 3.63) is 48.7 Å². The van der Waals surface area contributed by atoms with Gasteiger partial charge in [-0.05, 0) is 76.2 Å². The van der Waals surface area contributed by atoms with E-state index in [0.29, 0.717) is 6.04 Å². The molecule has 0 aliphatic carbocycles. The van der Waals surface area contributed by atoms with Crippen molar-refractivity contribution in [1.29, 1.82) is 0 Å². The molecule has 4 aromatic rings. The Hall–Kier alpha value is -3.23. The van der Waals surface area contributed by atoms with E-state index in [4.69, 9.17) is 4.74 Å². The van der Waals surface area contributed by atoms with Gasteiger partial charge in [-0.1, -0.05) is 18.2 Å². The van der Waals surface area contributed by atoms with Crippen molar-refractivity contribution in [2.45, 2.75) is 44.9 Å². The lowest BCUT2D eigenvalue weighted by molar-refractivity contribution is -0.00575. The zero-order valence-corrected chi connectivity index (χ0v) is 21.6. The first kappa shape index (κ1) is 23.2. The molecule has 0 spiro atoms. The molecule has 2 aromatic carbocycles. The number of morpholine rings is 1. The lowest BCUT2D eigenvalue weighted by Crippen LogP contribution is -2.46. The van der Waals surface area contributed by atoms with Crippen molar-refractivity contribution < 1.29 is 4.74 Å². The summed E-state index contributed by atoms with van der Waals surface area (Å²) in [4.78, 5) is 11.8. The molecular formula is C28H35N7O. The molecule has 0 bridgehead atoms. The quantitative estimate of drug-likeness (QED) is 0.431. The Kier molecular flexibility index (Phi) is 6.01. The third-order valence-electron chi connectivity index (χ3n) is 7.67. The molecule has 0 amide bonds. The van der Waals surface area contributed by atoms with Gasteiger partial charge in [0.1, 0.15) is 0 Å². The molecule has 0 radical (unpaired) electrons. The summed E-state index contributed by atoms with van der Waals surface area (Å²) in [5, 5.41) is 8.99. The molecule has 2 saturated heterocycles. The van der Waals surface area contributed by atoms with E-state index in [1.165, 1.54) is 24.1 Å². The van der Waals surface area contributed by atoms with Crippen LogP contribution in [0.2, 0.25) is 0 Å². The van der Waals surface area contributed by atoms with Gasteiger partial charge in [0.25, 0.3) is 0 Å². The summed E-state index contributed by atoms with van der Waals surface area (Å²) >= 11 is 0. The molecule has 36 heavy (non-hydrogen) atoms. The number of hydrogen-bond donors (Lipinski definition) is 0. The maximum absolute atomic E-state index is 5.94. The summed E-state index contributed by atoms with van der Waals surface area (Å²) in [5.74, 6) is 0.855. The average Bonchev–Trinajstić information content (AvgIpc) is 3.33. The summed E-state index contributed by atoms with van der Waals surface area (Å²) in [6.45, 7) is 8.02. The van der Waals surface area contributed by atoms with E-state index < -0.39 is 0 Å². The van der Waals surface area contributed by atoms with E-state index >= 15 is 0 Å². The average molecular weight is 486 g/mol. The normalized spacial score (nSPS) is 21.7. The van der Waals surface area contributed by atoms with Crippen molar-refractivity contribution in [1.82, 2.24) is 24.5 Å². The molecule has 0 saturated carbocycles. The van der Waals surface area contributed by atoms with Crippen molar-refractivity contribution >= 4 is 28.3 Å². The summed E-state index contributed by atoms with van der Waals surface area (Å²) in [6, 6.07) is 16.1. The van der Waals surface area contributed by atoms with E-state index in [1.54, 1.807) is 6.20 Å². The lowest BCUT2D eigenvalue weighted by atomic mass is 10.0. The van der Waals surface area contributed by atoms with Gasteiger partial charge < -0.3 is 19.4 Å². The van der Waals surface area contributed by atoms with Crippen LogP contribution in [0.3, 0.4) is 0 Å². The molecule has 6 rings (SSSR count). The first-order valence-corrected chi connectivity index (χ1v) is 13.0. The summed E-state index contributed by atoms with van der Waals surface area (Å²) in [5.41, 5.74) is 6.38. The molecule has 2 fully saturated rings. The van der Waals surface area contributed by atoms with Crippen LogP contribution in [-0.4, -0.2) is 83.0 Å². The van der Waals surface area contributed by atoms with Crippen LogP contribution in [0.25, 0.3) is 27.8 Å². The van der Waals surface area contributed by atoms with Crippen molar-refractivity contribution in [3.8, 4) is 11.1 Å². The standard InChI is InChI=1S/C28H35N7O/c1-19-17-34(18-20(2)36-19)28-31-30-27-16-29-25-10-7-22(15-26(25)35(27)28)21-5-8-24(9-6-21)33-13-11-23(12-14-33)32(3)4/h5-10,15-16,19-20,23H,11-14,17-18H2,1-4H3/t19-,20+. The summed E-state index contributed by atoms with van der Waals surface area (Å²) in [7, 11) is 4.37. The predicted molar refractivity (Wildman–Crippen MR) is 145 cm³/mol. The number of hydrogen-bond acceptors (Lipinski definition) is 7. The van der Waals surface area contributed by atoms with E-state index in [-0.39, 0.29) is 12.2 Å². The maximum Gasteiger partial charge on any atom is 0.232 e. The van der Waals surface area contributed by atoms with Crippen LogP contribution in [0.4, 0.5) is 11.6 Å². The van der Waals surface area contributed by atoms with Crippen molar-refractivity contribution in [3.63, 3.8) is 0 Å². The Labute approximate surface area is 212 Å². The molecule has 2 aliphatic rings. The molecule has 0 N–H and O–H groups in total. The Morgan fingerprint density at radius 2 is 1.56 bits per heavy atom. The first-order chi connectivity index (χ1) is 17.5. The van der Waals surface area contributed by atoms with Crippen molar-refractivity contribution in [2.75, 3.05) is 50.1 Å². The van der Waals surface area contributed by atoms with Gasteiger partial charge in [-0.2, -0.15) is 0 Å². The van der Waals surface area contributed by atoms with Gasteiger partial charge in [0, 0.05) is 37.9 Å². The highest BCUT2D eigenvalue weighted by Crippen LogP contribution is 2.30. The summed E-state index contributed by atoms with van der Waals surface area (Å²) in [6.07, 6.45) is 4.53. The zero-order valence-electron chi connectivity index (χ0n) is 21.6. The van der Waals surface area contributed by atoms with Gasteiger partial charge in [0.2, 0.25) is 5.95 Å². The monoisotopic (exact) mass is 485 g/mol. The number of ether oxygens (including phenoxy) is 1. The Bertz CT molecular complexity index is 1350. The first-order valence-electron chi connectivity index (χ1n) is 13.0. The summed E-state index contributed by atoms with van der Waals surface area (Å²) < 4.78 is 8.08. The molecule has 188 valence electrons. The SMILES string of the molecule is C[C@@H]1CN(c2nnc3cnc4ccc(-c5ccc(N6CCC(N(C)C)CC6)cc5)cc4n23)C[C@H](C)O1. The Balaban J connectivity index is 1.31. The minimum absolute atomic E-state index is 0.150. The smallest absolute Gasteiger partial charge is 0.232 e. The molecule has 0 unspecified atom stereocenters. The number of piperidine rings is 1. The van der Waals surface area contributed by atoms with E-state index in [1.807, 2.05) is 0 Å². The van der Waals surface area contributed by atoms with Crippen LogP contribution in [0, 0.1) is 0 Å². The third kappa shape index (κ3) is 4.29. The van der Waals surface area contributed by atoms with Gasteiger partial charge in [-0.25, -0.2) is 0 Å². The van der Waals surface area contributed by atoms with E-state index in [0.717, 1.165) is 54.4 Å². The molecular weight excluding hydrogens is 450 g/mol. The minimum Gasteiger partial charge on any atom is -0.372 e. The van der Waals surface area contributed by atoms with Crippen molar-refractivity contribution in [2.24, 2.45) is 0 Å². The van der Waals surface area contributed by atoms with Gasteiger partial charge in [0.05, 0.1) is 29.4 Å². The second kappa shape index (κ2) is 9.33. The number of benzene rings is 2. The van der Waals surface area contributed by atoms with Gasteiger partial charge >= 0.3 is 0 Å². The number of fused-ring (bicyclic) bond motifs is 3. The van der Waals surface area contributed by atoms with Crippen LogP contribution in [0.5, 0.6) is 0 Å². The van der Waals surface area contributed by atoms with Gasteiger partial charge in [0.15, 0.2) is 5.65 Å². The fourth-order valence-electron chi connectivity index (χ4n) is 5.77. The molecule has 4 heterocycles. The van der Waals surface area contributed by atoms with E-state index in [2.05, 4.69) is 105 Å². The van der Waals surface area contributed by atoms with Crippen LogP contribution in [0.1, 0.15) is 26.7 Å². The topological polar surface area (TPSA) is 62.0 Å². The van der Waals surface area contributed by atoms with Crippen LogP contribution < -0.4 is 9.80 Å². The number of nitrogens with zero attached hydrogens (tertiary/aromatic N) is 7. The Morgan fingerprint density at radius 3 is 2.25 bits per heavy atom. The second-order valence-corrected chi connectivity index (χ2v) is 10.5. The maximum atomic E-state index is 5.94. The molecule has 2 aliphatic heterocycles. The van der Waals surface area contributed by atoms with Gasteiger partial charge in [-0.3, -0.25) is 9.38 Å². The fraction of sp³-hybridized carbons (Fsp3) is 0.464. The van der Waals surface area contributed by atoms with Crippen LogP contribution >= 0.6 is 0 Å². The van der Waals surface area contributed by atoms with Crippen LogP contribution in [0.15, 0.2) is 48.7 Å². The third-order valence-corrected chi connectivity index (χ3v) is 7.67. The Morgan fingerprint density at radius 1 is 0.861 bits per heavy atom. The largest absolute Gasteiger partial charge is 0.372 e.